The van der Waals surface area contributed by atoms with Crippen molar-refractivity contribution in [2.24, 2.45) is 0 Å². The van der Waals surface area contributed by atoms with Gasteiger partial charge in [0, 0.05) is 55.5 Å². The summed E-state index contributed by atoms with van der Waals surface area (Å²) in [6.07, 6.45) is 12.3. The van der Waals surface area contributed by atoms with Gasteiger partial charge in [-0.3, -0.25) is 15.0 Å². The predicted molar refractivity (Wildman–Crippen MR) is 287 cm³/mol. The maximum atomic E-state index is 6.48. The Kier molecular flexibility index (Phi) is 13.7. The number of pyridine rings is 2. The van der Waals surface area contributed by atoms with E-state index in [0.717, 1.165) is 95.4 Å². The number of imidazole rings is 1. The largest absolute Gasteiger partial charge is 0.485 e. The summed E-state index contributed by atoms with van der Waals surface area (Å²) in [4.78, 5) is 24.1. The molecule has 0 unspecified atom stereocenters. The molecule has 0 amide bonds. The van der Waals surface area contributed by atoms with Gasteiger partial charge < -0.3 is 14.0 Å². The first-order chi connectivity index (χ1) is 33.2. The topological polar surface area (TPSA) is 82.5 Å². The van der Waals surface area contributed by atoms with E-state index in [0.29, 0.717) is 11.3 Å². The summed E-state index contributed by atoms with van der Waals surface area (Å²) in [7, 11) is -1.26. The van der Waals surface area contributed by atoms with Gasteiger partial charge in [0.05, 0.1) is 41.9 Å². The van der Waals surface area contributed by atoms with Gasteiger partial charge in [-0.1, -0.05) is 164 Å². The van der Waals surface area contributed by atoms with Gasteiger partial charge in [-0.15, -0.1) is 53.1 Å². The molecule has 1 aliphatic carbocycles. The van der Waals surface area contributed by atoms with Gasteiger partial charge in [-0.2, -0.15) is 0 Å². The van der Waals surface area contributed by atoms with Gasteiger partial charge in [-0.05, 0) is 70.4 Å². The van der Waals surface area contributed by atoms with Crippen LogP contribution in [0.2, 0.25) is 19.6 Å². The van der Waals surface area contributed by atoms with Crippen LogP contribution in [0.5, 0.6) is 0 Å². The van der Waals surface area contributed by atoms with Crippen molar-refractivity contribution in [3.05, 3.63) is 174 Å². The van der Waals surface area contributed by atoms with E-state index in [1.165, 1.54) is 48.4 Å². The first-order valence-corrected chi connectivity index (χ1v) is 27.9. The molecule has 9 heteroatoms. The zero-order chi connectivity index (χ0) is 48.0. The Balaban J connectivity index is 0.000000222. The number of rotatable bonds is 7. The molecule has 70 heavy (non-hydrogen) atoms. The molecule has 5 heterocycles. The summed E-state index contributed by atoms with van der Waals surface area (Å²) in [5.41, 5.74) is 17.5. The molecule has 0 N–H and O–H groups in total. The quantitative estimate of drug-likeness (QED) is 0.117. The van der Waals surface area contributed by atoms with Crippen LogP contribution in [0.3, 0.4) is 0 Å². The summed E-state index contributed by atoms with van der Waals surface area (Å²) in [6, 6.07) is 48.1. The average Bonchev–Trinajstić information content (AvgIpc) is 3.94. The molecule has 1 radical (unpaired) electrons. The van der Waals surface area contributed by atoms with Crippen LogP contribution in [0.15, 0.2) is 138 Å². The van der Waals surface area contributed by atoms with Crippen LogP contribution in [-0.2, 0) is 25.5 Å². The van der Waals surface area contributed by atoms with Crippen molar-refractivity contribution in [1.82, 2.24) is 29.5 Å². The zero-order valence-corrected chi connectivity index (χ0v) is 45.1. The number of aromatic nitrogens is 6. The molecular weight excluding hydrogens is 1050 g/mol. The number of furan rings is 1. The first kappa shape index (κ1) is 48.6. The number of nitrogens with zero attached hydrogens (tertiary/aromatic N) is 6. The summed E-state index contributed by atoms with van der Waals surface area (Å²) < 4.78 is 8.76. The molecule has 1 fully saturated rings. The Morgan fingerprint density at radius 2 is 1.39 bits per heavy atom. The van der Waals surface area contributed by atoms with Crippen molar-refractivity contribution in [2.45, 2.75) is 105 Å². The third-order valence-corrected chi connectivity index (χ3v) is 15.8. The second-order valence-corrected chi connectivity index (χ2v) is 25.9. The van der Waals surface area contributed by atoms with Crippen molar-refractivity contribution < 1.29 is 24.5 Å². The fraction of sp³-hybridized carbons (Fsp3) is 0.262. The standard InChI is InChI=1S/C41H34N5O.C20H26NSi.Ir/c1-24-17-18-30(38-34(24)35-40(47-38)43-20-19-42-35)39-45-33-21-25(2)44-26(3)36(33)46(39)37-31(27-13-9-7-10-14-27)22-29(41(4,5)6)23-32(37)28-15-11-8-12-16-28;1-22(2,3)19-13-14-20(21-15-19)18-11-9-17(10-12-18)16-7-5-4-6-8-16;/h7-17,19-23H,1-6H3;9-11,13-16H,4-8H2,1-3H3;/q2*-1;. The number of benzene rings is 5. The number of fused-ring (bicyclic) bond motifs is 4. The molecule has 10 aromatic rings. The Bertz CT molecular complexity index is 3390. The van der Waals surface area contributed by atoms with Crippen molar-refractivity contribution in [2.75, 3.05) is 0 Å². The van der Waals surface area contributed by atoms with Crippen molar-refractivity contribution in [3.8, 4) is 50.6 Å². The number of hydrogen-bond acceptors (Lipinski definition) is 6. The molecule has 1 aliphatic rings. The fourth-order valence-electron chi connectivity index (χ4n) is 9.94. The molecule has 7 nitrogen and oxygen atoms in total. The average molecular weight is 1110 g/mol. The van der Waals surface area contributed by atoms with E-state index < -0.39 is 8.07 Å². The molecule has 5 aromatic carbocycles. The molecule has 0 spiro atoms. The molecule has 0 saturated heterocycles. The fourth-order valence-corrected chi connectivity index (χ4v) is 11.0. The Morgan fingerprint density at radius 1 is 0.714 bits per heavy atom. The maximum absolute atomic E-state index is 6.48. The van der Waals surface area contributed by atoms with Gasteiger partial charge in [0.25, 0.3) is 0 Å². The predicted octanol–water partition coefficient (Wildman–Crippen LogP) is 15.3. The Labute approximate surface area is 427 Å². The van der Waals surface area contributed by atoms with Gasteiger partial charge in [0.2, 0.25) is 5.71 Å². The van der Waals surface area contributed by atoms with Crippen molar-refractivity contribution >= 4 is 46.5 Å². The maximum Gasteiger partial charge on any atom is 0.235 e. The molecule has 355 valence electrons. The van der Waals surface area contributed by atoms with Gasteiger partial charge in [0.1, 0.15) is 5.52 Å². The van der Waals surface area contributed by atoms with Crippen LogP contribution in [0, 0.1) is 32.9 Å². The molecule has 0 atom stereocenters. The van der Waals surface area contributed by atoms with Crippen molar-refractivity contribution in [1.29, 1.82) is 0 Å². The van der Waals surface area contributed by atoms with E-state index in [4.69, 9.17) is 14.4 Å². The summed E-state index contributed by atoms with van der Waals surface area (Å²) in [5.74, 6) is 1.47. The second kappa shape index (κ2) is 19.8. The van der Waals surface area contributed by atoms with E-state index in [2.05, 4.69) is 201 Å². The molecule has 0 aliphatic heterocycles. The van der Waals surface area contributed by atoms with Gasteiger partial charge in [0.15, 0.2) is 0 Å². The van der Waals surface area contributed by atoms with Crippen LogP contribution < -0.4 is 5.19 Å². The van der Waals surface area contributed by atoms with Crippen LogP contribution in [0.25, 0.3) is 83.8 Å². The molecule has 1 saturated carbocycles. The normalized spacial score (nSPS) is 13.3. The second-order valence-electron chi connectivity index (χ2n) is 20.8. The summed E-state index contributed by atoms with van der Waals surface area (Å²) in [6.45, 7) is 20.0. The monoisotopic (exact) mass is 1110 g/mol. The van der Waals surface area contributed by atoms with Crippen LogP contribution in [0.1, 0.15) is 86.9 Å². The SMILES string of the molecule is C[Si](C)(C)c1ccc(-c2[c-]cc(C3CCCCC3)cc2)nc1.Cc1cc2nc(-c3[c-]cc(C)c4c3oc3nccnc34)n(-c3c(-c4ccccc4)cc(C(C)(C)C)cc3-c3ccccc3)c2c(C)n1.[Ir]. The van der Waals surface area contributed by atoms with Crippen LogP contribution in [-0.4, -0.2) is 37.6 Å². The number of hydrogen-bond donors (Lipinski definition) is 0. The minimum absolute atomic E-state index is 0. The van der Waals surface area contributed by atoms with E-state index in [-0.39, 0.29) is 25.5 Å². The van der Waals surface area contributed by atoms with E-state index >= 15 is 0 Å². The smallest absolute Gasteiger partial charge is 0.235 e. The van der Waals surface area contributed by atoms with Gasteiger partial charge >= 0.3 is 0 Å². The third-order valence-electron chi connectivity index (χ3n) is 13.7. The van der Waals surface area contributed by atoms with Crippen LogP contribution in [0.4, 0.5) is 0 Å². The van der Waals surface area contributed by atoms with Gasteiger partial charge in [-0.25, -0.2) is 4.98 Å². The minimum atomic E-state index is -1.26. The summed E-state index contributed by atoms with van der Waals surface area (Å²) in [5, 5.41) is 2.33. The third kappa shape index (κ3) is 9.59. The Morgan fingerprint density at radius 3 is 1.99 bits per heavy atom. The van der Waals surface area contributed by atoms with Crippen LogP contribution >= 0.6 is 0 Å². The minimum Gasteiger partial charge on any atom is -0.485 e. The van der Waals surface area contributed by atoms with Crippen molar-refractivity contribution in [3.63, 3.8) is 0 Å². The number of aryl methyl sites for hydroxylation is 3. The molecule has 5 aromatic heterocycles. The summed E-state index contributed by atoms with van der Waals surface area (Å²) >= 11 is 0. The first-order valence-electron chi connectivity index (χ1n) is 24.4. The molecule has 11 rings (SSSR count). The van der Waals surface area contributed by atoms with E-state index in [1.54, 1.807) is 12.4 Å². The van der Waals surface area contributed by atoms with E-state index in [9.17, 15) is 0 Å². The Hall–Kier alpha value is -6.38. The van der Waals surface area contributed by atoms with E-state index in [1.807, 2.05) is 13.0 Å². The molecular formula is C61H60IrN6OSi-2. The zero-order valence-electron chi connectivity index (χ0n) is 41.7. The molecule has 0 bridgehead atoms.